The van der Waals surface area contributed by atoms with Gasteiger partial charge in [0.15, 0.2) is 0 Å². The van der Waals surface area contributed by atoms with Crippen molar-refractivity contribution < 1.29 is 17.6 Å². The third-order valence-electron chi connectivity index (χ3n) is 3.05. The van der Waals surface area contributed by atoms with Crippen molar-refractivity contribution in [3.63, 3.8) is 0 Å². The van der Waals surface area contributed by atoms with Crippen LogP contribution in [-0.4, -0.2) is 38.9 Å². The van der Waals surface area contributed by atoms with Gasteiger partial charge in [-0.05, 0) is 31.0 Å². The van der Waals surface area contributed by atoms with Crippen LogP contribution >= 0.6 is 15.9 Å². The molecule has 110 valence electrons. The van der Waals surface area contributed by atoms with Crippen molar-refractivity contribution in [3.8, 4) is 0 Å². The number of nitrogens with zero attached hydrogens (tertiary/aromatic N) is 1. The SMILES string of the molecule is O=C(CNS(=O)(=O)c1cc(Br)ccc1F)N1CCCC1. The van der Waals surface area contributed by atoms with E-state index in [1.807, 2.05) is 0 Å². The van der Waals surface area contributed by atoms with Gasteiger partial charge in [-0.25, -0.2) is 17.5 Å². The molecule has 1 heterocycles. The first kappa shape index (κ1) is 15.4. The van der Waals surface area contributed by atoms with Gasteiger partial charge >= 0.3 is 0 Å². The Bertz CT molecular complexity index is 615. The highest BCUT2D eigenvalue weighted by atomic mass is 79.9. The molecule has 1 aliphatic heterocycles. The lowest BCUT2D eigenvalue weighted by Crippen LogP contribution is -2.38. The van der Waals surface area contributed by atoms with E-state index < -0.39 is 20.7 Å². The van der Waals surface area contributed by atoms with E-state index in [1.165, 1.54) is 6.07 Å². The molecule has 5 nitrogen and oxygen atoms in total. The van der Waals surface area contributed by atoms with Crippen LogP contribution in [0.4, 0.5) is 4.39 Å². The fraction of sp³-hybridized carbons (Fsp3) is 0.417. The van der Waals surface area contributed by atoms with E-state index in [0.29, 0.717) is 17.6 Å². The zero-order valence-corrected chi connectivity index (χ0v) is 13.0. The van der Waals surface area contributed by atoms with Gasteiger partial charge in [0.05, 0.1) is 6.54 Å². The zero-order valence-electron chi connectivity index (χ0n) is 10.6. The molecular formula is C12H14BrFN2O3S. The minimum atomic E-state index is -4.04. The number of benzene rings is 1. The molecule has 0 bridgehead atoms. The van der Waals surface area contributed by atoms with Gasteiger partial charge in [-0.2, -0.15) is 0 Å². The summed E-state index contributed by atoms with van der Waals surface area (Å²) in [4.78, 5) is 12.9. The second-order valence-electron chi connectivity index (χ2n) is 4.49. The van der Waals surface area contributed by atoms with E-state index in [0.717, 1.165) is 25.0 Å². The molecule has 1 aromatic carbocycles. The normalized spacial score (nSPS) is 15.6. The van der Waals surface area contributed by atoms with Gasteiger partial charge in [0, 0.05) is 17.6 Å². The monoisotopic (exact) mass is 364 g/mol. The van der Waals surface area contributed by atoms with Gasteiger partial charge in [0.2, 0.25) is 15.9 Å². The van der Waals surface area contributed by atoms with Crippen LogP contribution in [-0.2, 0) is 14.8 Å². The molecule has 1 saturated heterocycles. The van der Waals surface area contributed by atoms with E-state index in [4.69, 9.17) is 0 Å². The molecule has 1 fully saturated rings. The van der Waals surface area contributed by atoms with E-state index in [9.17, 15) is 17.6 Å². The van der Waals surface area contributed by atoms with E-state index in [-0.39, 0.29) is 12.5 Å². The Balaban J connectivity index is 2.07. The second kappa shape index (κ2) is 6.19. The van der Waals surface area contributed by atoms with Gasteiger partial charge in [-0.1, -0.05) is 15.9 Å². The number of likely N-dealkylation sites (tertiary alicyclic amines) is 1. The number of hydrogen-bond acceptors (Lipinski definition) is 3. The van der Waals surface area contributed by atoms with Gasteiger partial charge in [0.1, 0.15) is 10.7 Å². The Kier molecular flexibility index (Phi) is 4.77. The van der Waals surface area contributed by atoms with Gasteiger partial charge < -0.3 is 4.90 Å². The Morgan fingerprint density at radius 3 is 2.65 bits per heavy atom. The molecule has 0 saturated carbocycles. The molecule has 1 aromatic rings. The van der Waals surface area contributed by atoms with E-state index >= 15 is 0 Å². The lowest BCUT2D eigenvalue weighted by atomic mass is 10.3. The topological polar surface area (TPSA) is 66.5 Å². The maximum absolute atomic E-state index is 13.6. The molecule has 1 aliphatic rings. The van der Waals surface area contributed by atoms with Crippen LogP contribution in [0.3, 0.4) is 0 Å². The molecule has 2 rings (SSSR count). The van der Waals surface area contributed by atoms with Crippen LogP contribution < -0.4 is 4.72 Å². The molecule has 0 atom stereocenters. The molecule has 20 heavy (non-hydrogen) atoms. The van der Waals surface area contributed by atoms with Crippen molar-refractivity contribution in [1.29, 1.82) is 0 Å². The first-order chi connectivity index (χ1) is 9.40. The number of rotatable bonds is 4. The zero-order chi connectivity index (χ0) is 14.8. The fourth-order valence-electron chi connectivity index (χ4n) is 2.00. The quantitative estimate of drug-likeness (QED) is 0.879. The standard InChI is InChI=1S/C12H14BrFN2O3S/c13-9-3-4-10(14)11(7-9)20(18,19)15-8-12(17)16-5-1-2-6-16/h3-4,7,15H,1-2,5-6,8H2. The van der Waals surface area contributed by atoms with Gasteiger partial charge in [-0.3, -0.25) is 4.79 Å². The summed E-state index contributed by atoms with van der Waals surface area (Å²) in [5.41, 5.74) is 0. The largest absolute Gasteiger partial charge is 0.342 e. The molecular weight excluding hydrogens is 351 g/mol. The first-order valence-electron chi connectivity index (χ1n) is 6.12. The summed E-state index contributed by atoms with van der Waals surface area (Å²) in [6, 6.07) is 3.63. The molecule has 8 heteroatoms. The Labute approximate surface area is 125 Å². The lowest BCUT2D eigenvalue weighted by Gasteiger charge is -2.15. The van der Waals surface area contributed by atoms with Crippen molar-refractivity contribution in [2.45, 2.75) is 17.7 Å². The highest BCUT2D eigenvalue weighted by Crippen LogP contribution is 2.19. The molecule has 0 aliphatic carbocycles. The predicted octanol–water partition coefficient (Wildman–Crippen LogP) is 1.49. The molecule has 0 radical (unpaired) electrons. The molecule has 0 spiro atoms. The number of sulfonamides is 1. The summed E-state index contributed by atoms with van der Waals surface area (Å²) in [6.07, 6.45) is 1.86. The van der Waals surface area contributed by atoms with E-state index in [1.54, 1.807) is 4.90 Å². The van der Waals surface area contributed by atoms with Crippen molar-refractivity contribution >= 4 is 31.9 Å². The first-order valence-corrected chi connectivity index (χ1v) is 8.40. The van der Waals surface area contributed by atoms with Crippen LogP contribution in [0.15, 0.2) is 27.6 Å². The minimum absolute atomic E-state index is 0.290. The maximum Gasteiger partial charge on any atom is 0.243 e. The third kappa shape index (κ3) is 3.56. The van der Waals surface area contributed by atoms with Crippen LogP contribution in [0.25, 0.3) is 0 Å². The number of hydrogen-bond donors (Lipinski definition) is 1. The molecule has 0 unspecified atom stereocenters. The number of halogens is 2. The summed E-state index contributed by atoms with van der Waals surface area (Å²) < 4.78 is 40.1. The number of amides is 1. The third-order valence-corrected chi connectivity index (χ3v) is 4.96. The number of carbonyl (C=O) groups excluding carboxylic acids is 1. The highest BCUT2D eigenvalue weighted by molar-refractivity contribution is 9.10. The number of nitrogens with one attached hydrogen (secondary N) is 1. The summed E-state index contributed by atoms with van der Waals surface area (Å²) in [6.45, 7) is 0.936. The Hall–Kier alpha value is -0.990. The average Bonchev–Trinajstić information content (AvgIpc) is 2.93. The summed E-state index contributed by atoms with van der Waals surface area (Å²) in [7, 11) is -4.04. The number of carbonyl (C=O) groups is 1. The highest BCUT2D eigenvalue weighted by Gasteiger charge is 2.23. The maximum atomic E-state index is 13.6. The smallest absolute Gasteiger partial charge is 0.243 e. The van der Waals surface area contributed by atoms with Crippen molar-refractivity contribution in [2.75, 3.05) is 19.6 Å². The van der Waals surface area contributed by atoms with Crippen LogP contribution in [0, 0.1) is 5.82 Å². The second-order valence-corrected chi connectivity index (χ2v) is 7.14. The molecule has 0 aromatic heterocycles. The van der Waals surface area contributed by atoms with Crippen LogP contribution in [0.2, 0.25) is 0 Å². The fourth-order valence-corrected chi connectivity index (χ4v) is 3.58. The van der Waals surface area contributed by atoms with Gasteiger partial charge in [-0.15, -0.1) is 0 Å². The minimum Gasteiger partial charge on any atom is -0.342 e. The van der Waals surface area contributed by atoms with Crippen molar-refractivity contribution in [2.24, 2.45) is 0 Å². The average molecular weight is 365 g/mol. The summed E-state index contributed by atoms with van der Waals surface area (Å²) >= 11 is 3.09. The van der Waals surface area contributed by atoms with Crippen LogP contribution in [0.5, 0.6) is 0 Å². The molecule has 1 amide bonds. The van der Waals surface area contributed by atoms with Crippen molar-refractivity contribution in [1.82, 2.24) is 9.62 Å². The lowest BCUT2D eigenvalue weighted by molar-refractivity contribution is -0.128. The predicted molar refractivity (Wildman–Crippen MR) is 75.1 cm³/mol. The summed E-state index contributed by atoms with van der Waals surface area (Å²) in [5, 5.41) is 0. The summed E-state index contributed by atoms with van der Waals surface area (Å²) in [5.74, 6) is -1.14. The Morgan fingerprint density at radius 2 is 2.00 bits per heavy atom. The molecule has 1 N–H and O–H groups in total. The van der Waals surface area contributed by atoms with Crippen LogP contribution in [0.1, 0.15) is 12.8 Å². The van der Waals surface area contributed by atoms with Gasteiger partial charge in [0.25, 0.3) is 0 Å². The van der Waals surface area contributed by atoms with E-state index in [2.05, 4.69) is 20.7 Å². The van der Waals surface area contributed by atoms with Crippen molar-refractivity contribution in [3.05, 3.63) is 28.5 Å². The Morgan fingerprint density at radius 1 is 1.35 bits per heavy atom.